The summed E-state index contributed by atoms with van der Waals surface area (Å²) in [5, 5.41) is 11.0. The van der Waals surface area contributed by atoms with Crippen molar-refractivity contribution in [3.63, 3.8) is 0 Å². The zero-order valence-electron chi connectivity index (χ0n) is 15.5. The van der Waals surface area contributed by atoms with Gasteiger partial charge in [-0.3, -0.25) is 9.59 Å². The molecule has 28 heavy (non-hydrogen) atoms. The van der Waals surface area contributed by atoms with Crippen LogP contribution in [0.4, 0.5) is 17.1 Å². The van der Waals surface area contributed by atoms with Crippen LogP contribution in [0.1, 0.15) is 13.3 Å². The quantitative estimate of drug-likeness (QED) is 0.630. The highest BCUT2D eigenvalue weighted by Crippen LogP contribution is 2.33. The van der Waals surface area contributed by atoms with Gasteiger partial charge in [0.25, 0.3) is 0 Å². The van der Waals surface area contributed by atoms with Gasteiger partial charge in [0.05, 0.1) is 18.7 Å². The van der Waals surface area contributed by atoms with E-state index >= 15 is 0 Å². The van der Waals surface area contributed by atoms with Crippen LogP contribution >= 0.6 is 0 Å². The number of nitrogens with one attached hydrogen (secondary N) is 3. The van der Waals surface area contributed by atoms with E-state index < -0.39 is 6.04 Å². The average Bonchev–Trinajstić information content (AvgIpc) is 2.82. The summed E-state index contributed by atoms with van der Waals surface area (Å²) in [6, 6.07) is 18.1. The van der Waals surface area contributed by atoms with Crippen molar-refractivity contribution in [3.8, 4) is 5.75 Å². The summed E-state index contributed by atoms with van der Waals surface area (Å²) >= 11 is 0. The molecule has 1 aliphatic heterocycles. The lowest BCUT2D eigenvalue weighted by atomic mass is 10.1. The third kappa shape index (κ3) is 3.62. The molecule has 0 aliphatic carbocycles. The Balaban J connectivity index is 1.49. The summed E-state index contributed by atoms with van der Waals surface area (Å²) in [6.07, 6.45) is 0.0173. The highest BCUT2D eigenvalue weighted by molar-refractivity contribution is 6.13. The molecule has 0 saturated carbocycles. The predicted molar refractivity (Wildman–Crippen MR) is 111 cm³/mol. The smallest absolute Gasteiger partial charge is 0.247 e. The first-order valence-electron chi connectivity index (χ1n) is 9.26. The number of hydrogen-bond acceptors (Lipinski definition) is 4. The number of amides is 2. The molecule has 2 amide bonds. The molecule has 0 bridgehead atoms. The molecule has 1 aliphatic rings. The predicted octanol–water partition coefficient (Wildman–Crippen LogP) is 4.00. The third-order valence-corrected chi connectivity index (χ3v) is 4.65. The molecule has 0 fully saturated rings. The monoisotopic (exact) mass is 375 g/mol. The van der Waals surface area contributed by atoms with Crippen molar-refractivity contribution < 1.29 is 14.3 Å². The van der Waals surface area contributed by atoms with Crippen LogP contribution in [0.2, 0.25) is 0 Å². The number of hydrogen-bond donors (Lipinski definition) is 3. The van der Waals surface area contributed by atoms with Crippen LogP contribution in [0.25, 0.3) is 10.8 Å². The molecular weight excluding hydrogens is 354 g/mol. The van der Waals surface area contributed by atoms with Crippen molar-refractivity contribution in [2.75, 3.05) is 22.6 Å². The zero-order chi connectivity index (χ0) is 19.5. The van der Waals surface area contributed by atoms with Gasteiger partial charge in [-0.25, -0.2) is 0 Å². The van der Waals surface area contributed by atoms with E-state index in [1.54, 1.807) is 24.3 Å². The molecule has 6 nitrogen and oxygen atoms in total. The Hall–Kier alpha value is -3.54. The average molecular weight is 375 g/mol. The molecule has 1 heterocycles. The number of ether oxygens (including phenoxy) is 1. The Morgan fingerprint density at radius 3 is 2.46 bits per heavy atom. The molecule has 142 valence electrons. The number of rotatable bonds is 5. The molecule has 0 radical (unpaired) electrons. The van der Waals surface area contributed by atoms with Crippen LogP contribution in [0.3, 0.4) is 0 Å². The number of benzene rings is 3. The molecule has 0 aromatic heterocycles. The Morgan fingerprint density at radius 1 is 1.04 bits per heavy atom. The van der Waals surface area contributed by atoms with Gasteiger partial charge in [0.1, 0.15) is 11.8 Å². The highest BCUT2D eigenvalue weighted by atomic mass is 16.5. The second-order valence-electron chi connectivity index (χ2n) is 6.61. The number of carbonyl (C=O) groups is 2. The molecule has 1 atom stereocenters. The molecule has 0 saturated heterocycles. The molecule has 0 spiro atoms. The Bertz CT molecular complexity index is 1030. The van der Waals surface area contributed by atoms with Gasteiger partial charge in [-0.2, -0.15) is 0 Å². The van der Waals surface area contributed by atoms with Crippen molar-refractivity contribution >= 4 is 39.6 Å². The Morgan fingerprint density at radius 2 is 1.75 bits per heavy atom. The van der Waals surface area contributed by atoms with E-state index in [4.69, 9.17) is 4.74 Å². The van der Waals surface area contributed by atoms with Gasteiger partial charge in [-0.05, 0) is 48.7 Å². The fourth-order valence-electron chi connectivity index (χ4n) is 3.38. The second-order valence-corrected chi connectivity index (χ2v) is 6.61. The van der Waals surface area contributed by atoms with Crippen LogP contribution in [0.15, 0.2) is 60.7 Å². The summed E-state index contributed by atoms with van der Waals surface area (Å²) < 4.78 is 5.40. The summed E-state index contributed by atoms with van der Waals surface area (Å²) in [5.74, 6) is 0.275. The normalized spacial score (nSPS) is 15.3. The van der Waals surface area contributed by atoms with Gasteiger partial charge >= 0.3 is 0 Å². The fourth-order valence-corrected chi connectivity index (χ4v) is 3.38. The lowest BCUT2D eigenvalue weighted by Gasteiger charge is -2.16. The van der Waals surface area contributed by atoms with Gasteiger partial charge in [0.15, 0.2) is 0 Å². The molecule has 3 aromatic rings. The van der Waals surface area contributed by atoms with Crippen LogP contribution in [-0.4, -0.2) is 24.5 Å². The maximum absolute atomic E-state index is 12.7. The fraction of sp³-hybridized carbons (Fsp3) is 0.182. The van der Waals surface area contributed by atoms with Gasteiger partial charge in [-0.1, -0.05) is 24.3 Å². The standard InChI is InChI=1S/C22H21N3O3/c1-2-28-16-11-9-15(10-12-16)23-20(26)13-19-22(27)25-18-8-4-6-14-5-3-7-17(24-19)21(14)18/h3-12,19,24H,2,13H2,1H3,(H,23,26)(H,25,27)/t19-/m1/s1. The van der Waals surface area contributed by atoms with Gasteiger partial charge in [0.2, 0.25) is 11.8 Å². The first-order valence-corrected chi connectivity index (χ1v) is 9.26. The maximum Gasteiger partial charge on any atom is 0.247 e. The van der Waals surface area contributed by atoms with Crippen LogP contribution in [-0.2, 0) is 9.59 Å². The second kappa shape index (κ2) is 7.60. The summed E-state index contributed by atoms with van der Waals surface area (Å²) in [6.45, 7) is 2.50. The number of anilines is 3. The molecule has 3 N–H and O–H groups in total. The SMILES string of the molecule is CCOc1ccc(NC(=O)C[C@H]2Nc3cccc4cccc(c34)NC2=O)cc1. The number of carbonyl (C=O) groups excluding carboxylic acids is 2. The van der Waals surface area contributed by atoms with E-state index in [0.29, 0.717) is 12.3 Å². The van der Waals surface area contributed by atoms with Crippen molar-refractivity contribution in [3.05, 3.63) is 60.7 Å². The largest absolute Gasteiger partial charge is 0.494 e. The van der Waals surface area contributed by atoms with Crippen molar-refractivity contribution in [1.29, 1.82) is 0 Å². The Kier molecular flexibility index (Phi) is 4.85. The lowest BCUT2D eigenvalue weighted by Crippen LogP contribution is -2.36. The van der Waals surface area contributed by atoms with Gasteiger partial charge < -0.3 is 20.7 Å². The topological polar surface area (TPSA) is 79.5 Å². The lowest BCUT2D eigenvalue weighted by molar-refractivity contribution is -0.121. The van der Waals surface area contributed by atoms with Crippen LogP contribution in [0.5, 0.6) is 5.75 Å². The first-order chi connectivity index (χ1) is 13.6. The van der Waals surface area contributed by atoms with Crippen molar-refractivity contribution in [2.45, 2.75) is 19.4 Å². The van der Waals surface area contributed by atoms with Crippen molar-refractivity contribution in [1.82, 2.24) is 0 Å². The van der Waals surface area contributed by atoms with E-state index in [9.17, 15) is 9.59 Å². The zero-order valence-corrected chi connectivity index (χ0v) is 15.5. The van der Waals surface area contributed by atoms with E-state index in [0.717, 1.165) is 27.9 Å². The van der Waals surface area contributed by atoms with E-state index in [1.165, 1.54) is 0 Å². The van der Waals surface area contributed by atoms with E-state index in [-0.39, 0.29) is 18.2 Å². The van der Waals surface area contributed by atoms with E-state index in [2.05, 4.69) is 16.0 Å². The molecule has 0 unspecified atom stereocenters. The minimum Gasteiger partial charge on any atom is -0.494 e. The summed E-state index contributed by atoms with van der Waals surface area (Å²) in [7, 11) is 0. The molecule has 6 heteroatoms. The Labute approximate surface area is 162 Å². The minimum absolute atomic E-state index is 0.0173. The maximum atomic E-state index is 12.7. The van der Waals surface area contributed by atoms with Gasteiger partial charge in [0, 0.05) is 16.8 Å². The first kappa shape index (κ1) is 17.9. The summed E-state index contributed by atoms with van der Waals surface area (Å²) in [4.78, 5) is 25.2. The van der Waals surface area contributed by atoms with Crippen LogP contribution < -0.4 is 20.7 Å². The van der Waals surface area contributed by atoms with Crippen LogP contribution in [0, 0.1) is 0 Å². The van der Waals surface area contributed by atoms with Gasteiger partial charge in [-0.15, -0.1) is 0 Å². The highest BCUT2D eigenvalue weighted by Gasteiger charge is 2.26. The molecular formula is C22H21N3O3. The molecule has 4 rings (SSSR count). The molecule has 3 aromatic carbocycles. The minimum atomic E-state index is -0.666. The summed E-state index contributed by atoms with van der Waals surface area (Å²) in [5.41, 5.74) is 2.25. The van der Waals surface area contributed by atoms with Crippen molar-refractivity contribution in [2.24, 2.45) is 0 Å². The third-order valence-electron chi connectivity index (χ3n) is 4.65. The van der Waals surface area contributed by atoms with E-state index in [1.807, 2.05) is 43.3 Å².